The van der Waals surface area contributed by atoms with Gasteiger partial charge in [0.2, 0.25) is 0 Å². The van der Waals surface area contributed by atoms with E-state index < -0.39 is 11.4 Å². The third-order valence-corrected chi connectivity index (χ3v) is 3.86. The normalized spacial score (nSPS) is 11.1. The van der Waals surface area contributed by atoms with E-state index in [-0.39, 0.29) is 0 Å². The topological polar surface area (TPSA) is 63.3 Å². The van der Waals surface area contributed by atoms with Crippen LogP contribution in [0.2, 0.25) is 0 Å². The van der Waals surface area contributed by atoms with E-state index in [1.54, 1.807) is 13.8 Å². The lowest BCUT2D eigenvalue weighted by Gasteiger charge is -2.22. The minimum Gasteiger partial charge on any atom is -0.481 e. The SMILES string of the molecule is CC.CC(C)c1cc(CCCCN)cc(C(C)(C)C(=O)O)c1. The summed E-state index contributed by atoms with van der Waals surface area (Å²) in [4.78, 5) is 11.5. The molecule has 0 bridgehead atoms. The molecule has 0 aliphatic rings. The number of aliphatic carboxylic acids is 1. The second-order valence-electron chi connectivity index (χ2n) is 6.29. The molecule has 3 N–H and O–H groups in total. The van der Waals surface area contributed by atoms with Gasteiger partial charge in [0, 0.05) is 0 Å². The fourth-order valence-corrected chi connectivity index (χ4v) is 2.15. The molecule has 0 radical (unpaired) electrons. The van der Waals surface area contributed by atoms with E-state index in [4.69, 9.17) is 5.73 Å². The Morgan fingerprint density at radius 3 is 2.23 bits per heavy atom. The Kier molecular flexibility index (Phi) is 9.03. The number of unbranched alkanes of at least 4 members (excludes halogenated alkanes) is 1. The number of nitrogens with two attached hydrogens (primary N) is 1. The summed E-state index contributed by atoms with van der Waals surface area (Å²) < 4.78 is 0. The maximum absolute atomic E-state index is 11.5. The Bertz CT molecular complexity index is 465. The Balaban J connectivity index is 0.00000211. The summed E-state index contributed by atoms with van der Waals surface area (Å²) in [5.41, 5.74) is 7.99. The van der Waals surface area contributed by atoms with Crippen LogP contribution in [-0.2, 0) is 16.6 Å². The highest BCUT2D eigenvalue weighted by Gasteiger charge is 2.30. The lowest BCUT2D eigenvalue weighted by atomic mass is 9.81. The van der Waals surface area contributed by atoms with Gasteiger partial charge in [0.25, 0.3) is 0 Å². The van der Waals surface area contributed by atoms with Crippen molar-refractivity contribution in [2.45, 2.75) is 72.1 Å². The molecule has 1 aromatic carbocycles. The summed E-state index contributed by atoms with van der Waals surface area (Å²) in [6.07, 6.45) is 3.01. The van der Waals surface area contributed by atoms with Crippen molar-refractivity contribution in [2.75, 3.05) is 6.54 Å². The van der Waals surface area contributed by atoms with E-state index in [2.05, 4.69) is 19.9 Å². The lowest BCUT2D eigenvalue weighted by Crippen LogP contribution is -2.28. The van der Waals surface area contributed by atoms with E-state index in [0.717, 1.165) is 24.8 Å². The van der Waals surface area contributed by atoms with Crippen LogP contribution in [0.3, 0.4) is 0 Å². The smallest absolute Gasteiger partial charge is 0.313 e. The molecule has 0 fully saturated rings. The van der Waals surface area contributed by atoms with Crippen LogP contribution in [-0.4, -0.2) is 17.6 Å². The van der Waals surface area contributed by atoms with Crippen molar-refractivity contribution in [3.63, 3.8) is 0 Å². The third kappa shape index (κ3) is 5.80. The summed E-state index contributed by atoms with van der Waals surface area (Å²) in [5.74, 6) is -0.390. The van der Waals surface area contributed by atoms with Crippen molar-refractivity contribution < 1.29 is 9.90 Å². The first-order chi connectivity index (χ1) is 10.3. The van der Waals surface area contributed by atoms with Crippen LogP contribution in [0.15, 0.2) is 18.2 Å². The molecule has 3 heteroatoms. The number of benzene rings is 1. The first-order valence-electron chi connectivity index (χ1n) is 8.36. The molecule has 0 saturated carbocycles. The summed E-state index contributed by atoms with van der Waals surface area (Å²) >= 11 is 0. The monoisotopic (exact) mass is 307 g/mol. The van der Waals surface area contributed by atoms with Crippen molar-refractivity contribution >= 4 is 5.97 Å². The van der Waals surface area contributed by atoms with Crippen molar-refractivity contribution in [1.29, 1.82) is 0 Å². The number of aryl methyl sites for hydroxylation is 1. The molecule has 0 atom stereocenters. The van der Waals surface area contributed by atoms with Crippen LogP contribution in [0.25, 0.3) is 0 Å². The minimum atomic E-state index is -0.854. The Labute approximate surface area is 135 Å². The molecule has 0 amide bonds. The van der Waals surface area contributed by atoms with Crippen LogP contribution in [0, 0.1) is 0 Å². The maximum Gasteiger partial charge on any atom is 0.313 e. The molecule has 0 aliphatic heterocycles. The maximum atomic E-state index is 11.5. The van der Waals surface area contributed by atoms with Crippen molar-refractivity contribution in [3.8, 4) is 0 Å². The predicted octanol–water partition coefficient (Wildman–Crippen LogP) is 4.48. The highest BCUT2D eigenvalue weighted by molar-refractivity contribution is 5.80. The van der Waals surface area contributed by atoms with E-state index in [0.29, 0.717) is 12.5 Å². The molecule has 0 aliphatic carbocycles. The van der Waals surface area contributed by atoms with Gasteiger partial charge in [-0.05, 0) is 62.3 Å². The minimum absolute atomic E-state index is 0.396. The second kappa shape index (κ2) is 9.62. The van der Waals surface area contributed by atoms with Gasteiger partial charge in [0.1, 0.15) is 0 Å². The van der Waals surface area contributed by atoms with Crippen LogP contribution in [0.5, 0.6) is 0 Å². The lowest BCUT2D eigenvalue weighted by molar-refractivity contribution is -0.142. The van der Waals surface area contributed by atoms with Gasteiger partial charge >= 0.3 is 5.97 Å². The van der Waals surface area contributed by atoms with Gasteiger partial charge in [-0.3, -0.25) is 4.79 Å². The van der Waals surface area contributed by atoms with E-state index in [9.17, 15) is 9.90 Å². The predicted molar refractivity (Wildman–Crippen MR) is 94.5 cm³/mol. The van der Waals surface area contributed by atoms with E-state index >= 15 is 0 Å². The Morgan fingerprint density at radius 2 is 1.77 bits per heavy atom. The number of hydrogen-bond donors (Lipinski definition) is 2. The quantitative estimate of drug-likeness (QED) is 0.730. The van der Waals surface area contributed by atoms with Crippen molar-refractivity contribution in [2.24, 2.45) is 5.73 Å². The molecule has 0 aromatic heterocycles. The fourth-order valence-electron chi connectivity index (χ4n) is 2.15. The molecule has 1 aromatic rings. The molecule has 0 heterocycles. The molecule has 0 spiro atoms. The highest BCUT2D eigenvalue weighted by Crippen LogP contribution is 2.29. The summed E-state index contributed by atoms with van der Waals surface area (Å²) in [7, 11) is 0. The molecular formula is C19H33NO2. The summed E-state index contributed by atoms with van der Waals surface area (Å²) in [5, 5.41) is 9.41. The zero-order chi connectivity index (χ0) is 17.3. The summed E-state index contributed by atoms with van der Waals surface area (Å²) in [6.45, 7) is 12.5. The number of rotatable bonds is 7. The molecule has 3 nitrogen and oxygen atoms in total. The molecule has 22 heavy (non-hydrogen) atoms. The molecule has 1 rings (SSSR count). The Morgan fingerprint density at radius 1 is 1.18 bits per heavy atom. The first kappa shape index (κ1) is 20.6. The van der Waals surface area contributed by atoms with E-state index in [1.807, 2.05) is 26.0 Å². The Hall–Kier alpha value is -1.35. The molecule has 0 saturated heterocycles. The largest absolute Gasteiger partial charge is 0.481 e. The average molecular weight is 307 g/mol. The number of carboxylic acids is 1. The van der Waals surface area contributed by atoms with Gasteiger partial charge in [0.15, 0.2) is 0 Å². The van der Waals surface area contributed by atoms with Crippen LogP contribution in [0.4, 0.5) is 0 Å². The molecular weight excluding hydrogens is 274 g/mol. The number of carbonyl (C=O) groups is 1. The molecule has 0 unspecified atom stereocenters. The number of carboxylic acid groups (broad SMARTS) is 1. The van der Waals surface area contributed by atoms with Crippen LogP contribution in [0.1, 0.15) is 77.0 Å². The number of hydrogen-bond acceptors (Lipinski definition) is 2. The second-order valence-corrected chi connectivity index (χ2v) is 6.29. The van der Waals surface area contributed by atoms with Crippen molar-refractivity contribution in [1.82, 2.24) is 0 Å². The van der Waals surface area contributed by atoms with Crippen LogP contribution < -0.4 is 5.73 Å². The van der Waals surface area contributed by atoms with Gasteiger partial charge in [-0.25, -0.2) is 0 Å². The zero-order valence-corrected chi connectivity index (χ0v) is 15.1. The summed E-state index contributed by atoms with van der Waals surface area (Å²) in [6, 6.07) is 6.27. The first-order valence-corrected chi connectivity index (χ1v) is 8.36. The van der Waals surface area contributed by atoms with Gasteiger partial charge in [-0.1, -0.05) is 45.9 Å². The zero-order valence-electron chi connectivity index (χ0n) is 15.1. The standard InChI is InChI=1S/C17H27NO2.C2H6/c1-12(2)14-9-13(7-5-6-8-18)10-15(11-14)17(3,4)16(19)20;1-2/h9-12H,5-8,18H2,1-4H3,(H,19,20);1-2H3. The van der Waals surface area contributed by atoms with Gasteiger partial charge < -0.3 is 10.8 Å². The third-order valence-electron chi connectivity index (χ3n) is 3.86. The van der Waals surface area contributed by atoms with Crippen LogP contribution >= 0.6 is 0 Å². The average Bonchev–Trinajstić information content (AvgIpc) is 2.49. The van der Waals surface area contributed by atoms with Gasteiger partial charge in [-0.15, -0.1) is 0 Å². The van der Waals surface area contributed by atoms with Crippen molar-refractivity contribution in [3.05, 3.63) is 34.9 Å². The fraction of sp³-hybridized carbons (Fsp3) is 0.632. The van der Waals surface area contributed by atoms with Gasteiger partial charge in [0.05, 0.1) is 5.41 Å². The highest BCUT2D eigenvalue weighted by atomic mass is 16.4. The molecule has 126 valence electrons. The van der Waals surface area contributed by atoms with Gasteiger partial charge in [-0.2, -0.15) is 0 Å². The van der Waals surface area contributed by atoms with E-state index in [1.165, 1.54) is 11.1 Å².